The van der Waals surface area contributed by atoms with E-state index in [0.717, 1.165) is 5.56 Å². The largest absolute Gasteiger partial charge is 0.476 e. The Morgan fingerprint density at radius 3 is 2.76 bits per heavy atom. The summed E-state index contributed by atoms with van der Waals surface area (Å²) >= 11 is 1.24. The maximum Gasteiger partial charge on any atom is 0.408 e. The van der Waals surface area contributed by atoms with Gasteiger partial charge in [-0.3, -0.25) is 0 Å². The quantitative estimate of drug-likeness (QED) is 0.480. The number of carboxylic acids is 1. The van der Waals surface area contributed by atoms with Crippen LogP contribution in [0.5, 0.6) is 0 Å². The van der Waals surface area contributed by atoms with Crippen LogP contribution in [0.3, 0.4) is 0 Å². The van der Waals surface area contributed by atoms with Crippen molar-refractivity contribution >= 4 is 23.8 Å². The van der Waals surface area contributed by atoms with Gasteiger partial charge in [0.15, 0.2) is 10.9 Å². The lowest BCUT2D eigenvalue weighted by Gasteiger charge is -2.04. The third kappa shape index (κ3) is 5.82. The van der Waals surface area contributed by atoms with Gasteiger partial charge in [0.1, 0.15) is 6.61 Å². The molecule has 0 aliphatic carbocycles. The second kappa shape index (κ2) is 9.30. The maximum absolute atomic E-state index is 11.6. The molecule has 0 fully saturated rings. The molecular weight excluding hydrogens is 342 g/mol. The van der Waals surface area contributed by atoms with Crippen molar-refractivity contribution in [3.63, 3.8) is 0 Å². The molecule has 1 heterocycles. The van der Waals surface area contributed by atoms with Crippen molar-refractivity contribution in [1.29, 1.82) is 0 Å². The van der Waals surface area contributed by atoms with Gasteiger partial charge in [0.05, 0.1) is 12.1 Å². The number of aromatic carboxylic acids is 1. The predicted octanol–water partition coefficient (Wildman–Crippen LogP) is 2.17. The summed E-state index contributed by atoms with van der Waals surface area (Å²) in [5.41, 5.74) is 0.893. The monoisotopic (exact) mass is 357 g/mol. The number of aromatic nitrogens is 2. The average molecular weight is 357 g/mol. The minimum Gasteiger partial charge on any atom is -0.476 e. The zero-order chi connectivity index (χ0) is 18.1. The summed E-state index contributed by atoms with van der Waals surface area (Å²) in [5, 5.41) is 12.0. The summed E-state index contributed by atoms with van der Waals surface area (Å²) in [6.45, 7) is 0.171. The number of amides is 1. The standard InChI is InChI=1S/C17H15N3O4S/c1-25-16-19-10-13(14(20-16)15(21)22)8-5-9-18-17(23)24-11-12-6-3-2-4-7-12/h2-4,6-7,10H,9,11H2,1H3,(H,18,23)(H,21,22). The van der Waals surface area contributed by atoms with Crippen molar-refractivity contribution in [2.24, 2.45) is 0 Å². The number of alkyl carbamates (subject to hydrolysis) is 1. The van der Waals surface area contributed by atoms with Crippen LogP contribution in [0.2, 0.25) is 0 Å². The molecule has 8 heteroatoms. The van der Waals surface area contributed by atoms with E-state index in [9.17, 15) is 9.59 Å². The fraction of sp³-hybridized carbons (Fsp3) is 0.176. The molecule has 2 N–H and O–H groups in total. The Kier molecular flexibility index (Phi) is 6.80. The van der Waals surface area contributed by atoms with Crippen molar-refractivity contribution < 1.29 is 19.4 Å². The molecule has 1 aromatic heterocycles. The summed E-state index contributed by atoms with van der Waals surface area (Å²) in [5.74, 6) is 4.11. The zero-order valence-electron chi connectivity index (χ0n) is 13.4. The first-order chi connectivity index (χ1) is 12.1. The molecule has 1 aromatic carbocycles. The number of hydrogen-bond acceptors (Lipinski definition) is 6. The number of carboxylic acid groups (broad SMARTS) is 1. The Bertz CT molecular complexity index is 816. The molecule has 2 aromatic rings. The van der Waals surface area contributed by atoms with Gasteiger partial charge in [-0.2, -0.15) is 0 Å². The van der Waals surface area contributed by atoms with Crippen molar-refractivity contribution in [3.8, 4) is 11.8 Å². The number of nitrogens with zero attached hydrogens (tertiary/aromatic N) is 2. The van der Waals surface area contributed by atoms with E-state index < -0.39 is 12.1 Å². The molecule has 0 unspecified atom stereocenters. The topological polar surface area (TPSA) is 101 Å². The fourth-order valence-corrected chi connectivity index (χ4v) is 2.09. The minimum atomic E-state index is -1.18. The summed E-state index contributed by atoms with van der Waals surface area (Å²) in [6.07, 6.45) is 2.49. The first-order valence-corrected chi connectivity index (χ1v) is 8.40. The van der Waals surface area contributed by atoms with Gasteiger partial charge in [-0.1, -0.05) is 53.9 Å². The number of nitrogens with one attached hydrogen (secondary N) is 1. The molecule has 25 heavy (non-hydrogen) atoms. The second-order valence-corrected chi connectivity index (χ2v) is 5.41. The summed E-state index contributed by atoms with van der Waals surface area (Å²) in [7, 11) is 0. The highest BCUT2D eigenvalue weighted by molar-refractivity contribution is 7.98. The van der Waals surface area contributed by atoms with Crippen LogP contribution in [0, 0.1) is 11.8 Å². The summed E-state index contributed by atoms with van der Waals surface area (Å²) in [4.78, 5) is 30.7. The third-order valence-electron chi connectivity index (χ3n) is 2.91. The van der Waals surface area contributed by atoms with E-state index in [1.807, 2.05) is 30.3 Å². The van der Waals surface area contributed by atoms with Gasteiger partial charge in [0.2, 0.25) is 0 Å². The first kappa shape index (κ1) is 18.3. The summed E-state index contributed by atoms with van der Waals surface area (Å²) < 4.78 is 5.03. The van der Waals surface area contributed by atoms with E-state index in [4.69, 9.17) is 9.84 Å². The van der Waals surface area contributed by atoms with Crippen molar-refractivity contribution in [2.75, 3.05) is 12.8 Å². The molecule has 0 radical (unpaired) electrons. The van der Waals surface area contributed by atoms with Crippen LogP contribution in [0.4, 0.5) is 4.79 Å². The van der Waals surface area contributed by atoms with Crippen LogP contribution in [0.15, 0.2) is 41.7 Å². The van der Waals surface area contributed by atoms with Crippen LogP contribution in [-0.2, 0) is 11.3 Å². The van der Waals surface area contributed by atoms with E-state index in [1.54, 1.807) is 6.26 Å². The van der Waals surface area contributed by atoms with Gasteiger partial charge in [0, 0.05) is 6.20 Å². The average Bonchev–Trinajstić information content (AvgIpc) is 2.64. The molecule has 128 valence electrons. The van der Waals surface area contributed by atoms with Gasteiger partial charge in [0.25, 0.3) is 0 Å². The molecule has 0 bridgehead atoms. The molecule has 0 atom stereocenters. The zero-order valence-corrected chi connectivity index (χ0v) is 14.2. The van der Waals surface area contributed by atoms with Crippen molar-refractivity contribution in [1.82, 2.24) is 15.3 Å². The minimum absolute atomic E-state index is 0.0109. The lowest BCUT2D eigenvalue weighted by atomic mass is 10.2. The Hall–Kier alpha value is -3.05. The van der Waals surface area contributed by atoms with Crippen molar-refractivity contribution in [2.45, 2.75) is 11.8 Å². The molecule has 0 spiro atoms. The molecule has 7 nitrogen and oxygen atoms in total. The number of hydrogen-bond donors (Lipinski definition) is 2. The number of carbonyl (C=O) groups is 2. The molecule has 1 amide bonds. The lowest BCUT2D eigenvalue weighted by molar-refractivity contribution is 0.0689. The van der Waals surface area contributed by atoms with Gasteiger partial charge >= 0.3 is 12.1 Å². The van der Waals surface area contributed by atoms with Gasteiger partial charge < -0.3 is 15.2 Å². The first-order valence-electron chi connectivity index (χ1n) is 7.18. The van der Waals surface area contributed by atoms with Crippen molar-refractivity contribution in [3.05, 3.63) is 53.3 Å². The molecule has 0 saturated heterocycles. The summed E-state index contributed by atoms with van der Waals surface area (Å²) in [6, 6.07) is 9.27. The fourth-order valence-electron chi connectivity index (χ4n) is 1.75. The number of carbonyl (C=O) groups excluding carboxylic acids is 1. The molecule has 0 saturated carbocycles. The molecule has 0 aliphatic rings. The van der Waals surface area contributed by atoms with Crippen LogP contribution in [-0.4, -0.2) is 39.9 Å². The molecule has 2 rings (SSSR count). The molecule has 0 aliphatic heterocycles. The molecular formula is C17H15N3O4S. The van der Waals surface area contributed by atoms with Gasteiger partial charge in [-0.15, -0.1) is 0 Å². The number of ether oxygens (including phenoxy) is 1. The Labute approximate surface area is 148 Å². The third-order valence-corrected chi connectivity index (χ3v) is 3.47. The van der Waals surface area contributed by atoms with Crippen LogP contribution < -0.4 is 5.32 Å². The normalized spacial score (nSPS) is 9.64. The highest BCUT2D eigenvalue weighted by atomic mass is 32.2. The van der Waals surface area contributed by atoms with Gasteiger partial charge in [-0.05, 0) is 11.8 Å². The van der Waals surface area contributed by atoms with Gasteiger partial charge in [-0.25, -0.2) is 19.6 Å². The van der Waals surface area contributed by atoms with E-state index in [1.165, 1.54) is 18.0 Å². The maximum atomic E-state index is 11.6. The number of thioether (sulfide) groups is 1. The smallest absolute Gasteiger partial charge is 0.408 e. The number of rotatable bonds is 5. The van der Waals surface area contributed by atoms with E-state index in [-0.39, 0.29) is 24.4 Å². The SMILES string of the molecule is CSc1ncc(C#CCNC(=O)OCc2ccccc2)c(C(=O)O)n1. The predicted molar refractivity (Wildman–Crippen MR) is 92.3 cm³/mol. The number of benzene rings is 1. The highest BCUT2D eigenvalue weighted by Crippen LogP contribution is 2.11. The van der Waals surface area contributed by atoms with Crippen LogP contribution in [0.25, 0.3) is 0 Å². The van der Waals surface area contributed by atoms with E-state index >= 15 is 0 Å². The Morgan fingerprint density at radius 2 is 2.08 bits per heavy atom. The lowest BCUT2D eigenvalue weighted by Crippen LogP contribution is -2.24. The van der Waals surface area contributed by atoms with E-state index in [2.05, 4.69) is 27.1 Å². The second-order valence-electron chi connectivity index (χ2n) is 4.64. The van der Waals surface area contributed by atoms with E-state index in [0.29, 0.717) is 5.16 Å². The van der Waals surface area contributed by atoms with Crippen LogP contribution in [0.1, 0.15) is 21.6 Å². The Morgan fingerprint density at radius 1 is 1.32 bits per heavy atom. The highest BCUT2D eigenvalue weighted by Gasteiger charge is 2.12. The Balaban J connectivity index is 1.88. The van der Waals surface area contributed by atoms with Crippen LogP contribution >= 0.6 is 11.8 Å².